The molecule has 4 rings (SSSR count). The summed E-state index contributed by atoms with van der Waals surface area (Å²) in [5, 5.41) is 0. The molecule has 0 aliphatic rings. The van der Waals surface area contributed by atoms with Gasteiger partial charge in [-0.1, -0.05) is 48.5 Å². The maximum absolute atomic E-state index is 13.7. The van der Waals surface area contributed by atoms with Crippen molar-refractivity contribution in [1.29, 1.82) is 0 Å². The summed E-state index contributed by atoms with van der Waals surface area (Å²) in [6, 6.07) is 22.1. The molecular formula is C30H29FO8S. The molecule has 0 N–H and O–H groups in total. The molecule has 40 heavy (non-hydrogen) atoms. The van der Waals surface area contributed by atoms with Crippen LogP contribution in [0.5, 0.6) is 28.7 Å². The van der Waals surface area contributed by atoms with Crippen LogP contribution in [0.1, 0.15) is 5.56 Å². The van der Waals surface area contributed by atoms with Crippen molar-refractivity contribution in [2.75, 3.05) is 34.4 Å². The molecule has 0 amide bonds. The monoisotopic (exact) mass is 568 g/mol. The molecule has 0 spiro atoms. The Morgan fingerprint density at radius 1 is 0.725 bits per heavy atom. The highest BCUT2D eigenvalue weighted by atomic mass is 32.2. The number of benzene rings is 4. The summed E-state index contributed by atoms with van der Waals surface area (Å²) in [6.07, 6.45) is 0.926. The van der Waals surface area contributed by atoms with Crippen LogP contribution in [0.2, 0.25) is 0 Å². The Hall–Kier alpha value is -4.28. The molecule has 210 valence electrons. The molecule has 4 aromatic carbocycles. The van der Waals surface area contributed by atoms with Crippen molar-refractivity contribution in [2.24, 2.45) is 0 Å². The summed E-state index contributed by atoms with van der Waals surface area (Å²) >= 11 is 0. The van der Waals surface area contributed by atoms with E-state index >= 15 is 0 Å². The Kier molecular flexibility index (Phi) is 9.13. The number of methoxy groups -OCH3 is 3. The minimum absolute atomic E-state index is 0.0302. The second-order valence-corrected chi connectivity index (χ2v) is 10.2. The van der Waals surface area contributed by atoms with Crippen molar-refractivity contribution in [1.82, 2.24) is 0 Å². The van der Waals surface area contributed by atoms with Gasteiger partial charge in [0.2, 0.25) is 0 Å². The largest absolute Gasteiger partial charge is 0.496 e. The lowest BCUT2D eigenvalue weighted by molar-refractivity contribution is 0.0484. The Bertz CT molecular complexity index is 1560. The van der Waals surface area contributed by atoms with Gasteiger partial charge in [0.15, 0.2) is 29.8 Å². The molecule has 4 aromatic rings. The zero-order chi connectivity index (χ0) is 28.7. The van der Waals surface area contributed by atoms with Gasteiger partial charge in [-0.2, -0.15) is 8.42 Å². The summed E-state index contributed by atoms with van der Waals surface area (Å²) in [5.74, 6) is 0.728. The van der Waals surface area contributed by atoms with E-state index in [0.717, 1.165) is 11.8 Å². The predicted molar refractivity (Wildman–Crippen MR) is 149 cm³/mol. The summed E-state index contributed by atoms with van der Waals surface area (Å²) in [7, 11) is 0.340. The molecule has 0 aliphatic heterocycles. The smallest absolute Gasteiger partial charge is 0.306 e. The lowest BCUT2D eigenvalue weighted by Crippen LogP contribution is -2.09. The van der Waals surface area contributed by atoms with Crippen LogP contribution in [0.15, 0.2) is 78.9 Å². The number of ether oxygens (including phenoxy) is 5. The highest BCUT2D eigenvalue weighted by Gasteiger charge is 2.26. The molecular weight excluding hydrogens is 539 g/mol. The number of rotatable bonds is 12. The van der Waals surface area contributed by atoms with Gasteiger partial charge in [0.1, 0.15) is 18.2 Å². The second kappa shape index (κ2) is 12.7. The van der Waals surface area contributed by atoms with Crippen LogP contribution < -0.4 is 23.1 Å². The molecule has 0 heterocycles. The maximum Gasteiger partial charge on any atom is 0.306 e. The Labute approximate surface area is 232 Å². The minimum Gasteiger partial charge on any atom is -0.496 e. The van der Waals surface area contributed by atoms with E-state index < -0.39 is 15.9 Å². The van der Waals surface area contributed by atoms with Crippen molar-refractivity contribution in [3.8, 4) is 51.0 Å². The topological polar surface area (TPSA) is 89.5 Å². The van der Waals surface area contributed by atoms with Crippen LogP contribution in [0.25, 0.3) is 22.3 Å². The Morgan fingerprint density at radius 2 is 1.43 bits per heavy atom. The van der Waals surface area contributed by atoms with Crippen LogP contribution in [0.3, 0.4) is 0 Å². The first kappa shape index (κ1) is 28.7. The molecule has 0 fully saturated rings. The number of halogens is 1. The summed E-state index contributed by atoms with van der Waals surface area (Å²) < 4.78 is 72.1. The standard InChI is InChI=1S/C30H29FO8S/c1-34-19-38-26-16-22(12-15-25(26)37-18-20-8-6-5-7-9-20)24-17-27(35-2)28(21-10-13-23(31)14-11-21)30(29(24)36-3)39-40(4,32)33/h5-17H,18-19H2,1-4H3. The fraction of sp³-hybridized carbons (Fsp3) is 0.200. The van der Waals surface area contributed by atoms with E-state index in [-0.39, 0.29) is 29.6 Å². The van der Waals surface area contributed by atoms with Crippen LogP contribution in [0.4, 0.5) is 4.39 Å². The van der Waals surface area contributed by atoms with E-state index in [9.17, 15) is 12.8 Å². The molecule has 0 saturated carbocycles. The molecule has 8 nitrogen and oxygen atoms in total. The molecule has 0 atom stereocenters. The first-order valence-electron chi connectivity index (χ1n) is 12.1. The minimum atomic E-state index is -4.00. The first-order chi connectivity index (χ1) is 19.2. The highest BCUT2D eigenvalue weighted by Crippen LogP contribution is 2.51. The summed E-state index contributed by atoms with van der Waals surface area (Å²) in [5.41, 5.74) is 2.79. The molecule has 0 unspecified atom stereocenters. The molecule has 0 bridgehead atoms. The highest BCUT2D eigenvalue weighted by molar-refractivity contribution is 7.86. The molecule has 0 saturated heterocycles. The van der Waals surface area contributed by atoms with Crippen LogP contribution in [0, 0.1) is 5.82 Å². The average Bonchev–Trinajstić information content (AvgIpc) is 2.95. The van der Waals surface area contributed by atoms with Crippen LogP contribution in [-0.4, -0.2) is 42.8 Å². The Balaban J connectivity index is 1.87. The molecule has 10 heteroatoms. The zero-order valence-electron chi connectivity index (χ0n) is 22.5. The summed E-state index contributed by atoms with van der Waals surface area (Å²) in [4.78, 5) is 0. The van der Waals surface area contributed by atoms with Gasteiger partial charge in [0.05, 0.1) is 26.0 Å². The average molecular weight is 569 g/mol. The Morgan fingerprint density at radius 3 is 2.05 bits per heavy atom. The van der Waals surface area contributed by atoms with E-state index in [4.69, 9.17) is 27.9 Å². The van der Waals surface area contributed by atoms with Gasteiger partial charge >= 0.3 is 10.1 Å². The van der Waals surface area contributed by atoms with Crippen molar-refractivity contribution < 1.29 is 40.7 Å². The van der Waals surface area contributed by atoms with E-state index in [1.54, 1.807) is 24.3 Å². The lowest BCUT2D eigenvalue weighted by Gasteiger charge is -2.21. The van der Waals surface area contributed by atoms with Gasteiger partial charge in [-0.25, -0.2) is 4.39 Å². The van der Waals surface area contributed by atoms with Crippen LogP contribution >= 0.6 is 0 Å². The molecule has 0 aliphatic carbocycles. The van der Waals surface area contributed by atoms with Gasteiger partial charge in [-0.3, -0.25) is 0 Å². The fourth-order valence-electron chi connectivity index (χ4n) is 4.08. The van der Waals surface area contributed by atoms with Crippen molar-refractivity contribution in [2.45, 2.75) is 6.61 Å². The van der Waals surface area contributed by atoms with Gasteiger partial charge in [-0.15, -0.1) is 0 Å². The predicted octanol–water partition coefficient (Wildman–Crippen LogP) is 6.08. The zero-order valence-corrected chi connectivity index (χ0v) is 23.3. The third-order valence-corrected chi connectivity index (χ3v) is 6.28. The quantitative estimate of drug-likeness (QED) is 0.150. The van der Waals surface area contributed by atoms with E-state index in [1.807, 2.05) is 30.3 Å². The second-order valence-electron chi connectivity index (χ2n) is 8.64. The third kappa shape index (κ3) is 6.83. The first-order valence-corrected chi connectivity index (χ1v) is 13.9. The van der Waals surface area contributed by atoms with Gasteiger partial charge < -0.3 is 27.9 Å². The maximum atomic E-state index is 13.7. The lowest BCUT2D eigenvalue weighted by atomic mass is 9.96. The van der Waals surface area contributed by atoms with Gasteiger partial charge in [-0.05, 0) is 47.0 Å². The van der Waals surface area contributed by atoms with Crippen molar-refractivity contribution >= 4 is 10.1 Å². The summed E-state index contributed by atoms with van der Waals surface area (Å²) in [6.45, 7) is 0.289. The van der Waals surface area contributed by atoms with E-state index in [2.05, 4.69) is 0 Å². The van der Waals surface area contributed by atoms with E-state index in [0.29, 0.717) is 34.8 Å². The van der Waals surface area contributed by atoms with Crippen molar-refractivity contribution in [3.63, 3.8) is 0 Å². The fourth-order valence-corrected chi connectivity index (χ4v) is 4.54. The SMILES string of the molecule is COCOc1cc(-c2cc(OC)c(-c3ccc(F)cc3)c(OS(C)(=O)=O)c2OC)ccc1OCc1ccccc1. The van der Waals surface area contributed by atoms with Gasteiger partial charge in [0.25, 0.3) is 0 Å². The molecule has 0 aromatic heterocycles. The molecule has 0 radical (unpaired) electrons. The number of hydrogen-bond donors (Lipinski definition) is 0. The van der Waals surface area contributed by atoms with Crippen molar-refractivity contribution in [3.05, 3.63) is 90.2 Å². The van der Waals surface area contributed by atoms with Crippen LogP contribution in [-0.2, 0) is 21.5 Å². The normalized spacial score (nSPS) is 11.1. The van der Waals surface area contributed by atoms with E-state index in [1.165, 1.54) is 45.6 Å². The van der Waals surface area contributed by atoms with Gasteiger partial charge in [0, 0.05) is 12.7 Å². The number of hydrogen-bond acceptors (Lipinski definition) is 8. The third-order valence-electron chi connectivity index (χ3n) is 5.82.